The lowest BCUT2D eigenvalue weighted by atomic mass is 10.1. The molecule has 1 atom stereocenters. The van der Waals surface area contributed by atoms with E-state index in [0.29, 0.717) is 35.6 Å². The van der Waals surface area contributed by atoms with Crippen LogP contribution in [-0.4, -0.2) is 49.6 Å². The standard InChI is InChI=1S/C27H25F2N7O2/c1-2-22(37)35-11-3-4-19(14-35)36-26-23(25(30)32-15-33-26)24(34-36)17-7-5-16(6-8-17)13-31-27(38)20-12-18(28)9-10-21(20)29/h2,5-10,12,15,19H,1,3-4,11,13-14H2,(H,31,38)(H2,30,32,33). The number of rotatable bonds is 6. The van der Waals surface area contributed by atoms with Crippen molar-refractivity contribution in [3.8, 4) is 11.3 Å². The molecule has 1 fully saturated rings. The largest absolute Gasteiger partial charge is 0.383 e. The number of carbonyl (C=O) groups is 2. The SMILES string of the molecule is C=CC(=O)N1CCCC(n2nc(-c3ccc(CNC(=O)c4cc(F)ccc4F)cc3)c3c(N)ncnc32)C1. The van der Waals surface area contributed by atoms with Crippen LogP contribution in [0.4, 0.5) is 14.6 Å². The van der Waals surface area contributed by atoms with E-state index in [0.717, 1.165) is 42.2 Å². The Labute approximate surface area is 217 Å². The van der Waals surface area contributed by atoms with Crippen LogP contribution in [0.1, 0.15) is 34.8 Å². The minimum Gasteiger partial charge on any atom is -0.383 e. The Morgan fingerprint density at radius 3 is 2.71 bits per heavy atom. The van der Waals surface area contributed by atoms with Gasteiger partial charge >= 0.3 is 0 Å². The number of hydrogen-bond donors (Lipinski definition) is 2. The Kier molecular flexibility index (Phi) is 6.82. The summed E-state index contributed by atoms with van der Waals surface area (Å²) in [5.74, 6) is -2.03. The number of aromatic nitrogens is 4. The van der Waals surface area contributed by atoms with Crippen LogP contribution in [0.2, 0.25) is 0 Å². The summed E-state index contributed by atoms with van der Waals surface area (Å²) in [6.07, 6.45) is 4.35. The maximum absolute atomic E-state index is 13.9. The molecular weight excluding hydrogens is 492 g/mol. The Morgan fingerprint density at radius 1 is 1.16 bits per heavy atom. The molecule has 1 aliphatic rings. The zero-order valence-electron chi connectivity index (χ0n) is 20.4. The second-order valence-corrected chi connectivity index (χ2v) is 9.04. The highest BCUT2D eigenvalue weighted by Gasteiger charge is 2.28. The molecule has 2 aromatic carbocycles. The zero-order chi connectivity index (χ0) is 26.8. The fraction of sp³-hybridized carbons (Fsp3) is 0.222. The summed E-state index contributed by atoms with van der Waals surface area (Å²) in [7, 11) is 0. The van der Waals surface area contributed by atoms with E-state index < -0.39 is 17.5 Å². The highest BCUT2D eigenvalue weighted by atomic mass is 19.1. The van der Waals surface area contributed by atoms with Gasteiger partial charge in [-0.05, 0) is 42.7 Å². The monoisotopic (exact) mass is 517 g/mol. The third-order valence-electron chi connectivity index (χ3n) is 6.60. The first-order chi connectivity index (χ1) is 18.4. The van der Waals surface area contributed by atoms with Gasteiger partial charge in [0.1, 0.15) is 29.5 Å². The van der Waals surface area contributed by atoms with Crippen molar-refractivity contribution in [3.05, 3.63) is 84.2 Å². The lowest BCUT2D eigenvalue weighted by Gasteiger charge is -2.32. The Morgan fingerprint density at radius 2 is 1.95 bits per heavy atom. The Balaban J connectivity index is 1.39. The maximum Gasteiger partial charge on any atom is 0.254 e. The van der Waals surface area contributed by atoms with E-state index in [1.807, 2.05) is 16.8 Å². The first-order valence-electron chi connectivity index (χ1n) is 12.1. The van der Waals surface area contributed by atoms with Gasteiger partial charge in [-0.1, -0.05) is 30.8 Å². The topological polar surface area (TPSA) is 119 Å². The lowest BCUT2D eigenvalue weighted by molar-refractivity contribution is -0.127. The van der Waals surface area contributed by atoms with Crippen LogP contribution in [-0.2, 0) is 11.3 Å². The molecule has 4 aromatic rings. The predicted molar refractivity (Wildman–Crippen MR) is 138 cm³/mol. The van der Waals surface area contributed by atoms with Gasteiger partial charge in [0.25, 0.3) is 5.91 Å². The predicted octanol–water partition coefficient (Wildman–Crippen LogP) is 3.63. The van der Waals surface area contributed by atoms with Crippen LogP contribution in [0.15, 0.2) is 61.4 Å². The Bertz CT molecular complexity index is 1530. The average Bonchev–Trinajstić information content (AvgIpc) is 3.34. The fourth-order valence-corrected chi connectivity index (χ4v) is 4.67. The molecule has 0 aliphatic carbocycles. The third kappa shape index (κ3) is 4.82. The minimum absolute atomic E-state index is 0.0871. The summed E-state index contributed by atoms with van der Waals surface area (Å²) in [5, 5.41) is 8.06. The van der Waals surface area contributed by atoms with Gasteiger partial charge in [0.05, 0.1) is 17.0 Å². The fourth-order valence-electron chi connectivity index (χ4n) is 4.67. The van der Waals surface area contributed by atoms with E-state index in [1.165, 1.54) is 12.4 Å². The number of nitrogens with two attached hydrogens (primary N) is 1. The molecule has 2 aromatic heterocycles. The highest BCUT2D eigenvalue weighted by molar-refractivity contribution is 5.98. The van der Waals surface area contributed by atoms with E-state index in [2.05, 4.69) is 21.9 Å². The van der Waals surface area contributed by atoms with Crippen molar-refractivity contribution in [2.75, 3.05) is 18.8 Å². The van der Waals surface area contributed by atoms with E-state index in [1.54, 1.807) is 17.0 Å². The molecular formula is C27H25F2N7O2. The smallest absolute Gasteiger partial charge is 0.254 e. The molecule has 3 N–H and O–H groups in total. The van der Waals surface area contributed by atoms with Crippen LogP contribution in [0.25, 0.3) is 22.3 Å². The third-order valence-corrected chi connectivity index (χ3v) is 6.60. The van der Waals surface area contributed by atoms with Gasteiger partial charge in [-0.3, -0.25) is 9.59 Å². The van der Waals surface area contributed by atoms with Crippen molar-refractivity contribution in [2.24, 2.45) is 0 Å². The number of carbonyl (C=O) groups excluding carboxylic acids is 2. The van der Waals surface area contributed by atoms with Crippen LogP contribution < -0.4 is 11.1 Å². The molecule has 1 saturated heterocycles. The molecule has 0 saturated carbocycles. The van der Waals surface area contributed by atoms with Crippen molar-refractivity contribution in [1.29, 1.82) is 0 Å². The van der Waals surface area contributed by atoms with Gasteiger partial charge in [0, 0.05) is 25.2 Å². The summed E-state index contributed by atoms with van der Waals surface area (Å²) in [6.45, 7) is 4.84. The van der Waals surface area contributed by atoms with Gasteiger partial charge in [-0.25, -0.2) is 23.4 Å². The molecule has 0 radical (unpaired) electrons. The van der Waals surface area contributed by atoms with Gasteiger partial charge in [-0.2, -0.15) is 5.10 Å². The lowest BCUT2D eigenvalue weighted by Crippen LogP contribution is -2.40. The summed E-state index contributed by atoms with van der Waals surface area (Å²) in [6, 6.07) is 9.91. The number of benzene rings is 2. The zero-order valence-corrected chi connectivity index (χ0v) is 20.4. The molecule has 194 valence electrons. The van der Waals surface area contributed by atoms with Crippen LogP contribution >= 0.6 is 0 Å². The molecule has 38 heavy (non-hydrogen) atoms. The second-order valence-electron chi connectivity index (χ2n) is 9.04. The molecule has 0 bridgehead atoms. The van der Waals surface area contributed by atoms with E-state index in [9.17, 15) is 18.4 Å². The molecule has 1 unspecified atom stereocenters. The number of nitrogens with one attached hydrogen (secondary N) is 1. The number of anilines is 1. The van der Waals surface area contributed by atoms with Crippen LogP contribution in [0.3, 0.4) is 0 Å². The van der Waals surface area contributed by atoms with E-state index >= 15 is 0 Å². The van der Waals surface area contributed by atoms with Crippen molar-refractivity contribution in [2.45, 2.75) is 25.4 Å². The molecule has 1 aliphatic heterocycles. The maximum atomic E-state index is 13.9. The number of likely N-dealkylation sites (tertiary alicyclic amines) is 1. The first-order valence-corrected chi connectivity index (χ1v) is 12.1. The van der Waals surface area contributed by atoms with Crippen LogP contribution in [0, 0.1) is 11.6 Å². The second kappa shape index (κ2) is 10.4. The summed E-state index contributed by atoms with van der Waals surface area (Å²) in [4.78, 5) is 34.8. The van der Waals surface area contributed by atoms with Crippen molar-refractivity contribution in [1.82, 2.24) is 30.0 Å². The van der Waals surface area contributed by atoms with E-state index in [-0.39, 0.29) is 24.1 Å². The molecule has 11 heteroatoms. The van der Waals surface area contributed by atoms with Crippen molar-refractivity contribution < 1.29 is 18.4 Å². The molecule has 9 nitrogen and oxygen atoms in total. The minimum atomic E-state index is -0.795. The number of fused-ring (bicyclic) bond motifs is 1. The van der Waals surface area contributed by atoms with E-state index in [4.69, 9.17) is 10.8 Å². The number of hydrogen-bond acceptors (Lipinski definition) is 6. The highest BCUT2D eigenvalue weighted by Crippen LogP contribution is 2.33. The quantitative estimate of drug-likeness (QED) is 0.377. The molecule has 5 rings (SSSR count). The number of amides is 2. The van der Waals surface area contributed by atoms with Gasteiger partial charge in [0.15, 0.2) is 5.65 Å². The summed E-state index contributed by atoms with van der Waals surface area (Å²) < 4.78 is 29.1. The van der Waals surface area contributed by atoms with Crippen molar-refractivity contribution >= 4 is 28.7 Å². The number of nitrogen functional groups attached to an aromatic ring is 1. The normalized spacial score (nSPS) is 15.4. The van der Waals surface area contributed by atoms with Crippen molar-refractivity contribution in [3.63, 3.8) is 0 Å². The van der Waals surface area contributed by atoms with Crippen LogP contribution in [0.5, 0.6) is 0 Å². The number of nitrogens with zero attached hydrogens (tertiary/aromatic N) is 5. The molecule has 2 amide bonds. The number of halogens is 2. The molecule has 0 spiro atoms. The van der Waals surface area contributed by atoms with Gasteiger partial charge in [0.2, 0.25) is 5.91 Å². The molecule has 3 heterocycles. The Hall–Kier alpha value is -4.67. The van der Waals surface area contributed by atoms with Gasteiger partial charge in [-0.15, -0.1) is 0 Å². The summed E-state index contributed by atoms with van der Waals surface area (Å²) >= 11 is 0. The average molecular weight is 518 g/mol. The first kappa shape index (κ1) is 25.0. The summed E-state index contributed by atoms with van der Waals surface area (Å²) in [5.41, 5.74) is 8.57. The number of piperidine rings is 1. The van der Waals surface area contributed by atoms with Gasteiger partial charge < -0.3 is 16.0 Å².